The van der Waals surface area contributed by atoms with Crippen LogP contribution in [0.2, 0.25) is 0 Å². The number of aliphatic carboxylic acids is 1. The summed E-state index contributed by atoms with van der Waals surface area (Å²) < 4.78 is 0. The molecule has 0 fully saturated rings. The Kier molecular flexibility index (Phi) is 13.4. The van der Waals surface area contributed by atoms with E-state index < -0.39 is 12.0 Å². The number of hydrogen-bond donors (Lipinski definition) is 3. The van der Waals surface area contributed by atoms with Crippen LogP contribution in [0.5, 0.6) is 0 Å². The van der Waals surface area contributed by atoms with Gasteiger partial charge in [-0.2, -0.15) is 0 Å². The smallest absolute Gasteiger partial charge is 0.326 e. The van der Waals surface area contributed by atoms with Crippen molar-refractivity contribution in [2.24, 2.45) is 5.92 Å². The lowest BCUT2D eigenvalue weighted by molar-refractivity contribution is -0.141. The fraction of sp³-hybridized carbons (Fsp3) is 0.655. The van der Waals surface area contributed by atoms with Gasteiger partial charge in [-0.05, 0) is 24.0 Å². The second kappa shape index (κ2) is 16.3. The maximum absolute atomic E-state index is 12.3. The molecule has 1 aromatic carbocycles. The van der Waals surface area contributed by atoms with E-state index in [0.29, 0.717) is 6.42 Å². The number of aromatic amines is 1. The van der Waals surface area contributed by atoms with Crippen molar-refractivity contribution in [3.05, 3.63) is 36.0 Å². The number of amides is 1. The van der Waals surface area contributed by atoms with Crippen LogP contribution in [0.25, 0.3) is 10.9 Å². The normalized spacial score (nSPS) is 12.3. The molecule has 1 heterocycles. The fourth-order valence-electron chi connectivity index (χ4n) is 4.59. The monoisotopic (exact) mass is 470 g/mol. The molecule has 34 heavy (non-hydrogen) atoms. The maximum atomic E-state index is 12.3. The lowest BCUT2D eigenvalue weighted by Crippen LogP contribution is -2.42. The molecule has 0 radical (unpaired) electrons. The van der Waals surface area contributed by atoms with Crippen molar-refractivity contribution in [1.82, 2.24) is 10.3 Å². The van der Waals surface area contributed by atoms with Crippen molar-refractivity contribution in [1.29, 1.82) is 0 Å². The van der Waals surface area contributed by atoms with Gasteiger partial charge in [0.2, 0.25) is 5.91 Å². The highest BCUT2D eigenvalue weighted by molar-refractivity contribution is 5.86. The van der Waals surface area contributed by atoms with Gasteiger partial charge in [-0.25, -0.2) is 4.79 Å². The fourth-order valence-corrected chi connectivity index (χ4v) is 4.59. The first kappa shape index (κ1) is 27.9. The molecule has 190 valence electrons. The minimum atomic E-state index is -0.991. The summed E-state index contributed by atoms with van der Waals surface area (Å²) in [6.07, 6.45) is 19.0. The van der Waals surface area contributed by atoms with Crippen LogP contribution in [0.4, 0.5) is 0 Å². The number of unbranched alkanes of at least 4 members (excludes halogenated alkanes) is 11. The molecule has 0 aliphatic heterocycles. The Morgan fingerprint density at radius 2 is 1.41 bits per heavy atom. The lowest BCUT2D eigenvalue weighted by Gasteiger charge is -2.14. The predicted octanol–water partition coefficient (Wildman–Crippen LogP) is 7.40. The summed E-state index contributed by atoms with van der Waals surface area (Å²) >= 11 is 0. The van der Waals surface area contributed by atoms with E-state index in [4.69, 9.17) is 0 Å². The van der Waals surface area contributed by atoms with Gasteiger partial charge in [0.25, 0.3) is 0 Å². The molecule has 0 spiro atoms. The Balaban J connectivity index is 1.49. The molecule has 1 amide bonds. The van der Waals surface area contributed by atoms with Gasteiger partial charge in [-0.1, -0.05) is 109 Å². The van der Waals surface area contributed by atoms with E-state index in [1.807, 2.05) is 30.5 Å². The summed E-state index contributed by atoms with van der Waals surface area (Å²) in [5.74, 6) is -0.318. The van der Waals surface area contributed by atoms with E-state index in [-0.39, 0.29) is 12.3 Å². The molecule has 0 aliphatic carbocycles. The molecule has 2 rings (SSSR count). The van der Waals surface area contributed by atoms with E-state index in [9.17, 15) is 14.7 Å². The number of fused-ring (bicyclic) bond motifs is 1. The van der Waals surface area contributed by atoms with Crippen molar-refractivity contribution in [2.45, 2.75) is 116 Å². The van der Waals surface area contributed by atoms with Gasteiger partial charge in [0.05, 0.1) is 0 Å². The molecular weight excluding hydrogens is 424 g/mol. The Hall–Kier alpha value is -2.30. The van der Waals surface area contributed by atoms with Gasteiger partial charge in [-0.15, -0.1) is 0 Å². The molecule has 5 heteroatoms. The van der Waals surface area contributed by atoms with Crippen molar-refractivity contribution < 1.29 is 14.7 Å². The zero-order valence-electron chi connectivity index (χ0n) is 21.4. The van der Waals surface area contributed by atoms with E-state index >= 15 is 0 Å². The van der Waals surface area contributed by atoms with Gasteiger partial charge in [0, 0.05) is 29.9 Å². The van der Waals surface area contributed by atoms with Crippen molar-refractivity contribution >= 4 is 22.8 Å². The number of carbonyl (C=O) groups excluding carboxylic acids is 1. The highest BCUT2D eigenvalue weighted by atomic mass is 16.4. The topological polar surface area (TPSA) is 82.2 Å². The van der Waals surface area contributed by atoms with Crippen LogP contribution >= 0.6 is 0 Å². The number of carbonyl (C=O) groups is 2. The average molecular weight is 471 g/mol. The lowest BCUT2D eigenvalue weighted by atomic mass is 10.0. The summed E-state index contributed by atoms with van der Waals surface area (Å²) in [6, 6.07) is 6.90. The number of carboxylic acids is 1. The summed E-state index contributed by atoms with van der Waals surface area (Å²) in [4.78, 5) is 27.2. The summed E-state index contributed by atoms with van der Waals surface area (Å²) in [6.45, 7) is 4.61. The Morgan fingerprint density at radius 3 is 2.00 bits per heavy atom. The largest absolute Gasteiger partial charge is 0.480 e. The van der Waals surface area contributed by atoms with Crippen LogP contribution in [-0.4, -0.2) is 28.0 Å². The minimum Gasteiger partial charge on any atom is -0.480 e. The number of aromatic nitrogens is 1. The van der Waals surface area contributed by atoms with E-state index in [0.717, 1.165) is 41.6 Å². The molecule has 0 saturated carbocycles. The quantitative estimate of drug-likeness (QED) is 0.187. The molecule has 0 aliphatic rings. The van der Waals surface area contributed by atoms with Crippen LogP contribution in [0.15, 0.2) is 30.5 Å². The number of benzene rings is 1. The standard InChI is InChI=1S/C29H46N2O3/c1-23(2)17-13-11-9-7-5-3-4-6-8-10-12-14-20-28(32)31-27(29(33)34)21-24-22-30-26-19-16-15-18-25(24)26/h15-16,18-19,22-23,27,30H,3-14,17,20-21H2,1-2H3,(H,31,32)(H,33,34)/t27-/m0/s1. The average Bonchev–Trinajstić information content (AvgIpc) is 3.21. The zero-order chi connectivity index (χ0) is 24.6. The summed E-state index contributed by atoms with van der Waals surface area (Å²) in [7, 11) is 0. The van der Waals surface area contributed by atoms with Gasteiger partial charge < -0.3 is 15.4 Å². The van der Waals surface area contributed by atoms with Crippen LogP contribution in [0.3, 0.4) is 0 Å². The highest BCUT2D eigenvalue weighted by Gasteiger charge is 2.21. The number of H-pyrrole nitrogens is 1. The van der Waals surface area contributed by atoms with Crippen molar-refractivity contribution in [2.75, 3.05) is 0 Å². The first-order valence-electron chi connectivity index (χ1n) is 13.5. The van der Waals surface area contributed by atoms with Gasteiger partial charge >= 0.3 is 5.97 Å². The molecule has 2 aromatic rings. The Morgan fingerprint density at radius 1 is 0.853 bits per heavy atom. The SMILES string of the molecule is CC(C)CCCCCCCCCCCCCCC(=O)N[C@@H](Cc1c[nH]c2ccccc12)C(=O)O. The zero-order valence-corrected chi connectivity index (χ0v) is 21.4. The minimum absolute atomic E-state index is 0.166. The van der Waals surface area contributed by atoms with Gasteiger partial charge in [0.15, 0.2) is 0 Å². The molecule has 0 saturated heterocycles. The summed E-state index contributed by atoms with van der Waals surface area (Å²) in [5, 5.41) is 13.3. The third-order valence-corrected chi connectivity index (χ3v) is 6.67. The molecule has 5 nitrogen and oxygen atoms in total. The Bertz CT molecular complexity index is 843. The molecule has 1 atom stereocenters. The van der Waals surface area contributed by atoms with E-state index in [1.165, 1.54) is 64.2 Å². The van der Waals surface area contributed by atoms with Crippen LogP contribution in [0, 0.1) is 5.92 Å². The number of para-hydroxylation sites is 1. The number of carboxylic acid groups (broad SMARTS) is 1. The number of nitrogens with one attached hydrogen (secondary N) is 2. The van der Waals surface area contributed by atoms with Gasteiger partial charge in [-0.3, -0.25) is 4.79 Å². The van der Waals surface area contributed by atoms with Gasteiger partial charge in [0.1, 0.15) is 6.04 Å². The first-order valence-corrected chi connectivity index (χ1v) is 13.5. The summed E-state index contributed by atoms with van der Waals surface area (Å²) in [5.41, 5.74) is 1.89. The molecule has 1 aromatic heterocycles. The first-order chi connectivity index (χ1) is 16.5. The van der Waals surface area contributed by atoms with Crippen molar-refractivity contribution in [3.8, 4) is 0 Å². The second-order valence-corrected chi connectivity index (χ2v) is 10.2. The third-order valence-electron chi connectivity index (χ3n) is 6.67. The molecular formula is C29H46N2O3. The molecule has 0 unspecified atom stereocenters. The van der Waals surface area contributed by atoms with Crippen LogP contribution < -0.4 is 5.32 Å². The molecule has 0 bridgehead atoms. The van der Waals surface area contributed by atoms with Crippen molar-refractivity contribution in [3.63, 3.8) is 0 Å². The molecule has 3 N–H and O–H groups in total. The predicted molar refractivity (Wildman–Crippen MR) is 141 cm³/mol. The van der Waals surface area contributed by atoms with E-state index in [1.54, 1.807) is 0 Å². The maximum Gasteiger partial charge on any atom is 0.326 e. The third kappa shape index (κ3) is 11.2. The highest BCUT2D eigenvalue weighted by Crippen LogP contribution is 2.19. The second-order valence-electron chi connectivity index (χ2n) is 10.2. The van der Waals surface area contributed by atoms with Crippen LogP contribution in [0.1, 0.15) is 109 Å². The number of hydrogen-bond acceptors (Lipinski definition) is 2. The number of rotatable bonds is 19. The Labute approximate surface area is 206 Å². The van der Waals surface area contributed by atoms with E-state index in [2.05, 4.69) is 24.1 Å². The van der Waals surface area contributed by atoms with Crippen LogP contribution in [-0.2, 0) is 16.0 Å².